The third-order valence-electron chi connectivity index (χ3n) is 3.95. The first-order valence-electron chi connectivity index (χ1n) is 7.87. The van der Waals surface area contributed by atoms with Gasteiger partial charge in [0.15, 0.2) is 0 Å². The second-order valence-electron chi connectivity index (χ2n) is 5.95. The minimum Gasteiger partial charge on any atom is -0.466 e. The standard InChI is InChI=1S/C15H25N3O6/c1-4-24-12(21)5-8(2)13(14(16)22)17-15(23)11-6-10(20)7-18(11)9(3)19/h8,10-11,13,20H,4-7H2,1-3H3,(H2,16,22)(H,17,23)/t8-,10+,11-,13+/m0/s1. The van der Waals surface area contributed by atoms with E-state index in [-0.39, 0.29) is 31.9 Å². The van der Waals surface area contributed by atoms with Crippen molar-refractivity contribution < 1.29 is 29.0 Å². The number of nitrogens with two attached hydrogens (primary N) is 1. The molecule has 0 bridgehead atoms. The van der Waals surface area contributed by atoms with Crippen LogP contribution in [0.15, 0.2) is 0 Å². The number of carbonyl (C=O) groups excluding carboxylic acids is 4. The highest BCUT2D eigenvalue weighted by atomic mass is 16.5. The highest BCUT2D eigenvalue weighted by Crippen LogP contribution is 2.19. The van der Waals surface area contributed by atoms with Gasteiger partial charge in [0.1, 0.15) is 12.1 Å². The Morgan fingerprint density at radius 3 is 2.50 bits per heavy atom. The molecule has 9 nitrogen and oxygen atoms in total. The Balaban J connectivity index is 2.77. The maximum atomic E-state index is 12.4. The predicted octanol–water partition coefficient (Wildman–Crippen LogP) is -1.47. The van der Waals surface area contributed by atoms with Crippen LogP contribution in [0.4, 0.5) is 0 Å². The van der Waals surface area contributed by atoms with Crippen molar-refractivity contribution in [1.82, 2.24) is 10.2 Å². The van der Waals surface area contributed by atoms with Gasteiger partial charge in [-0.05, 0) is 12.8 Å². The van der Waals surface area contributed by atoms with Crippen LogP contribution in [0, 0.1) is 5.92 Å². The number of nitrogens with zero attached hydrogens (tertiary/aromatic N) is 1. The Labute approximate surface area is 140 Å². The number of ether oxygens (including phenoxy) is 1. The number of rotatable bonds is 7. The fourth-order valence-electron chi connectivity index (χ4n) is 2.75. The van der Waals surface area contributed by atoms with Gasteiger partial charge in [-0.15, -0.1) is 0 Å². The fraction of sp³-hybridized carbons (Fsp3) is 0.733. The molecule has 0 spiro atoms. The van der Waals surface area contributed by atoms with Crippen LogP contribution < -0.4 is 11.1 Å². The summed E-state index contributed by atoms with van der Waals surface area (Å²) in [5, 5.41) is 12.2. The Hall–Kier alpha value is -2.16. The number of β-amino-alcohol motifs (C(OH)–C–C–N with tert-alkyl or cyclic N) is 1. The number of primary amides is 1. The van der Waals surface area contributed by atoms with Gasteiger partial charge in [0.2, 0.25) is 17.7 Å². The second-order valence-corrected chi connectivity index (χ2v) is 5.95. The van der Waals surface area contributed by atoms with Crippen molar-refractivity contribution in [3.8, 4) is 0 Å². The second kappa shape index (κ2) is 8.62. The first-order chi connectivity index (χ1) is 11.2. The summed E-state index contributed by atoms with van der Waals surface area (Å²) in [5.41, 5.74) is 5.32. The van der Waals surface area contributed by atoms with Crippen LogP contribution in [0.2, 0.25) is 0 Å². The Morgan fingerprint density at radius 2 is 2.00 bits per heavy atom. The van der Waals surface area contributed by atoms with E-state index in [1.807, 2.05) is 0 Å². The highest BCUT2D eigenvalue weighted by molar-refractivity contribution is 5.92. The van der Waals surface area contributed by atoms with E-state index in [1.54, 1.807) is 13.8 Å². The number of carbonyl (C=O) groups is 4. The first kappa shape index (κ1) is 19.9. The predicted molar refractivity (Wildman–Crippen MR) is 83.3 cm³/mol. The first-order valence-corrected chi connectivity index (χ1v) is 7.87. The summed E-state index contributed by atoms with van der Waals surface area (Å²) >= 11 is 0. The molecule has 1 heterocycles. The third kappa shape index (κ3) is 5.19. The fourth-order valence-corrected chi connectivity index (χ4v) is 2.75. The van der Waals surface area contributed by atoms with E-state index >= 15 is 0 Å². The molecule has 1 fully saturated rings. The molecular formula is C15H25N3O6. The molecule has 1 saturated heterocycles. The van der Waals surface area contributed by atoms with E-state index in [0.29, 0.717) is 0 Å². The number of aliphatic hydroxyl groups excluding tert-OH is 1. The molecule has 24 heavy (non-hydrogen) atoms. The number of nitrogens with one attached hydrogen (secondary N) is 1. The largest absolute Gasteiger partial charge is 0.466 e. The molecule has 0 aromatic carbocycles. The number of hydrogen-bond acceptors (Lipinski definition) is 6. The molecular weight excluding hydrogens is 318 g/mol. The van der Waals surface area contributed by atoms with Gasteiger partial charge < -0.3 is 25.8 Å². The van der Waals surface area contributed by atoms with E-state index in [1.165, 1.54) is 11.8 Å². The number of amides is 3. The minimum absolute atomic E-state index is 0.0625. The molecule has 3 amide bonds. The SMILES string of the molecule is CCOC(=O)C[C@H](C)[C@@H](NC(=O)[C@@H]1C[C@@H](O)CN1C(C)=O)C(N)=O. The van der Waals surface area contributed by atoms with Crippen LogP contribution in [0.5, 0.6) is 0 Å². The molecule has 0 unspecified atom stereocenters. The Morgan fingerprint density at radius 1 is 1.38 bits per heavy atom. The lowest BCUT2D eigenvalue weighted by Crippen LogP contribution is -2.54. The summed E-state index contributed by atoms with van der Waals surface area (Å²) < 4.78 is 4.82. The molecule has 0 aliphatic carbocycles. The van der Waals surface area contributed by atoms with E-state index < -0.39 is 41.9 Å². The maximum Gasteiger partial charge on any atom is 0.306 e. The monoisotopic (exact) mass is 343 g/mol. The molecule has 9 heteroatoms. The average molecular weight is 343 g/mol. The molecule has 0 aromatic rings. The minimum atomic E-state index is -1.08. The van der Waals surface area contributed by atoms with E-state index in [9.17, 15) is 24.3 Å². The summed E-state index contributed by atoms with van der Waals surface area (Å²) in [7, 11) is 0. The van der Waals surface area contributed by atoms with Crippen molar-refractivity contribution in [2.24, 2.45) is 11.7 Å². The summed E-state index contributed by atoms with van der Waals surface area (Å²) in [6.07, 6.45) is -0.789. The van der Waals surface area contributed by atoms with Gasteiger partial charge >= 0.3 is 5.97 Å². The van der Waals surface area contributed by atoms with Gasteiger partial charge in [0.05, 0.1) is 19.1 Å². The Kier molecular flexibility index (Phi) is 7.15. The zero-order chi connectivity index (χ0) is 18.4. The van der Waals surface area contributed by atoms with Crippen LogP contribution in [-0.4, -0.2) is 65.0 Å². The van der Waals surface area contributed by atoms with Crippen LogP contribution >= 0.6 is 0 Å². The molecule has 1 aliphatic heterocycles. The number of likely N-dealkylation sites (tertiary alicyclic amines) is 1. The third-order valence-corrected chi connectivity index (χ3v) is 3.95. The molecule has 0 radical (unpaired) electrons. The van der Waals surface area contributed by atoms with Crippen molar-refractivity contribution in [3.05, 3.63) is 0 Å². The van der Waals surface area contributed by atoms with Crippen molar-refractivity contribution in [3.63, 3.8) is 0 Å². The van der Waals surface area contributed by atoms with E-state index in [2.05, 4.69) is 5.32 Å². The molecule has 136 valence electrons. The van der Waals surface area contributed by atoms with Crippen molar-refractivity contribution in [2.45, 2.75) is 51.8 Å². The average Bonchev–Trinajstić information content (AvgIpc) is 2.86. The van der Waals surface area contributed by atoms with Crippen molar-refractivity contribution >= 4 is 23.7 Å². The zero-order valence-electron chi connectivity index (χ0n) is 14.2. The zero-order valence-corrected chi connectivity index (χ0v) is 14.2. The molecule has 4 atom stereocenters. The van der Waals surface area contributed by atoms with Gasteiger partial charge in [-0.3, -0.25) is 19.2 Å². The number of aliphatic hydroxyl groups is 1. The summed E-state index contributed by atoms with van der Waals surface area (Å²) in [6, 6.07) is -1.94. The van der Waals surface area contributed by atoms with Gasteiger partial charge in [0, 0.05) is 19.9 Å². The van der Waals surface area contributed by atoms with Gasteiger partial charge in [0.25, 0.3) is 0 Å². The molecule has 4 N–H and O–H groups in total. The number of hydrogen-bond donors (Lipinski definition) is 3. The van der Waals surface area contributed by atoms with Crippen molar-refractivity contribution in [1.29, 1.82) is 0 Å². The lowest BCUT2D eigenvalue weighted by Gasteiger charge is -2.26. The summed E-state index contributed by atoms with van der Waals surface area (Å²) in [5.74, 6) is -2.77. The van der Waals surface area contributed by atoms with Crippen LogP contribution in [0.3, 0.4) is 0 Å². The summed E-state index contributed by atoms with van der Waals surface area (Å²) in [6.45, 7) is 4.84. The maximum absolute atomic E-state index is 12.4. The van der Waals surface area contributed by atoms with Gasteiger partial charge in [-0.25, -0.2) is 0 Å². The molecule has 0 saturated carbocycles. The molecule has 0 aromatic heterocycles. The van der Waals surface area contributed by atoms with Crippen LogP contribution in [0.25, 0.3) is 0 Å². The lowest BCUT2D eigenvalue weighted by molar-refractivity contribution is -0.145. The molecule has 1 aliphatic rings. The van der Waals surface area contributed by atoms with Crippen molar-refractivity contribution in [2.75, 3.05) is 13.2 Å². The highest BCUT2D eigenvalue weighted by Gasteiger charge is 2.39. The quantitative estimate of drug-likeness (QED) is 0.482. The smallest absolute Gasteiger partial charge is 0.306 e. The van der Waals surface area contributed by atoms with Gasteiger partial charge in [-0.1, -0.05) is 6.92 Å². The Bertz CT molecular complexity index is 509. The van der Waals surface area contributed by atoms with E-state index in [0.717, 1.165) is 0 Å². The normalized spacial score (nSPS) is 22.6. The van der Waals surface area contributed by atoms with Crippen LogP contribution in [0.1, 0.15) is 33.6 Å². The topological polar surface area (TPSA) is 139 Å². The van der Waals surface area contributed by atoms with Crippen LogP contribution in [-0.2, 0) is 23.9 Å². The summed E-state index contributed by atoms with van der Waals surface area (Å²) in [4.78, 5) is 48.4. The van der Waals surface area contributed by atoms with Gasteiger partial charge in [-0.2, -0.15) is 0 Å². The lowest BCUT2D eigenvalue weighted by atomic mass is 9.97. The molecule has 1 rings (SSSR count). The number of esters is 1. The van der Waals surface area contributed by atoms with E-state index in [4.69, 9.17) is 10.5 Å².